The summed E-state index contributed by atoms with van der Waals surface area (Å²) in [6.07, 6.45) is 4.81. The standard InChI is InChI=1S/C13H24N2O3/c1-3-6-11(9-12(16)17)14-13(18)15-8-5-4-7-10(15)2/h10-11H,3-9H2,1-2H3,(H,14,18)(H,16,17). The van der Waals surface area contributed by atoms with E-state index in [2.05, 4.69) is 5.32 Å². The van der Waals surface area contributed by atoms with Gasteiger partial charge in [0.2, 0.25) is 0 Å². The number of urea groups is 1. The number of nitrogens with one attached hydrogen (secondary N) is 1. The third-order valence-corrected chi connectivity index (χ3v) is 3.45. The number of amides is 2. The second kappa shape index (κ2) is 7.24. The van der Waals surface area contributed by atoms with Crippen LogP contribution in [0.5, 0.6) is 0 Å². The minimum atomic E-state index is -0.861. The zero-order valence-electron chi connectivity index (χ0n) is 11.3. The monoisotopic (exact) mass is 256 g/mol. The van der Waals surface area contributed by atoms with Crippen LogP contribution in [-0.4, -0.2) is 40.6 Å². The number of likely N-dealkylation sites (tertiary alicyclic amines) is 1. The maximum Gasteiger partial charge on any atom is 0.317 e. The van der Waals surface area contributed by atoms with Crippen LogP contribution in [0.2, 0.25) is 0 Å². The topological polar surface area (TPSA) is 69.6 Å². The van der Waals surface area contributed by atoms with Gasteiger partial charge in [0.05, 0.1) is 6.42 Å². The molecule has 0 bridgehead atoms. The minimum absolute atomic E-state index is 0.00179. The summed E-state index contributed by atoms with van der Waals surface area (Å²) in [5.74, 6) is -0.861. The number of carboxylic acids is 1. The normalized spacial score (nSPS) is 21.4. The number of carbonyl (C=O) groups is 2. The molecule has 0 saturated carbocycles. The molecule has 104 valence electrons. The highest BCUT2D eigenvalue weighted by molar-refractivity contribution is 5.76. The average Bonchev–Trinajstić information content (AvgIpc) is 2.28. The Kier molecular flexibility index (Phi) is 5.95. The molecule has 1 aliphatic heterocycles. The van der Waals surface area contributed by atoms with Crippen molar-refractivity contribution < 1.29 is 14.7 Å². The number of piperidine rings is 1. The van der Waals surface area contributed by atoms with E-state index in [1.54, 1.807) is 0 Å². The van der Waals surface area contributed by atoms with E-state index in [9.17, 15) is 9.59 Å². The summed E-state index contributed by atoms with van der Waals surface area (Å²) >= 11 is 0. The molecule has 0 aromatic carbocycles. The van der Waals surface area contributed by atoms with Gasteiger partial charge in [-0.1, -0.05) is 13.3 Å². The molecule has 1 rings (SSSR count). The van der Waals surface area contributed by atoms with Crippen molar-refractivity contribution in [3.63, 3.8) is 0 Å². The lowest BCUT2D eigenvalue weighted by Gasteiger charge is -2.34. The maximum absolute atomic E-state index is 12.1. The summed E-state index contributed by atoms with van der Waals surface area (Å²) in [7, 11) is 0. The van der Waals surface area contributed by atoms with Gasteiger partial charge < -0.3 is 15.3 Å². The zero-order valence-corrected chi connectivity index (χ0v) is 11.3. The van der Waals surface area contributed by atoms with Crippen molar-refractivity contribution in [1.29, 1.82) is 0 Å². The molecule has 5 heteroatoms. The Balaban J connectivity index is 2.51. The summed E-state index contributed by atoms with van der Waals surface area (Å²) in [6.45, 7) is 4.81. The van der Waals surface area contributed by atoms with Crippen LogP contribution in [0.25, 0.3) is 0 Å². The van der Waals surface area contributed by atoms with Gasteiger partial charge in [0.1, 0.15) is 0 Å². The van der Waals surface area contributed by atoms with Gasteiger partial charge in [0.15, 0.2) is 0 Å². The fraction of sp³-hybridized carbons (Fsp3) is 0.846. The Morgan fingerprint density at radius 1 is 1.44 bits per heavy atom. The number of hydrogen-bond donors (Lipinski definition) is 2. The van der Waals surface area contributed by atoms with Crippen LogP contribution >= 0.6 is 0 Å². The van der Waals surface area contributed by atoms with Crippen LogP contribution in [0.1, 0.15) is 52.4 Å². The lowest BCUT2D eigenvalue weighted by molar-refractivity contribution is -0.137. The van der Waals surface area contributed by atoms with E-state index >= 15 is 0 Å². The highest BCUT2D eigenvalue weighted by atomic mass is 16.4. The Morgan fingerprint density at radius 3 is 2.72 bits per heavy atom. The van der Waals surface area contributed by atoms with E-state index in [4.69, 9.17) is 5.11 Å². The number of carbonyl (C=O) groups excluding carboxylic acids is 1. The largest absolute Gasteiger partial charge is 0.481 e. The molecule has 2 amide bonds. The number of hydrogen-bond acceptors (Lipinski definition) is 2. The number of nitrogens with zero attached hydrogens (tertiary/aromatic N) is 1. The van der Waals surface area contributed by atoms with Crippen molar-refractivity contribution in [1.82, 2.24) is 10.2 Å². The highest BCUT2D eigenvalue weighted by Crippen LogP contribution is 2.16. The zero-order chi connectivity index (χ0) is 13.5. The molecule has 1 heterocycles. The molecule has 2 atom stereocenters. The smallest absolute Gasteiger partial charge is 0.317 e. The summed E-state index contributed by atoms with van der Waals surface area (Å²) in [5.41, 5.74) is 0. The van der Waals surface area contributed by atoms with Crippen molar-refractivity contribution in [2.45, 2.75) is 64.5 Å². The van der Waals surface area contributed by atoms with Gasteiger partial charge in [0.25, 0.3) is 0 Å². The second-order valence-electron chi connectivity index (χ2n) is 5.07. The summed E-state index contributed by atoms with van der Waals surface area (Å²) in [6, 6.07) is -0.109. The molecular formula is C13H24N2O3. The molecule has 0 aromatic rings. The Hall–Kier alpha value is -1.26. The van der Waals surface area contributed by atoms with E-state index in [0.717, 1.165) is 25.8 Å². The van der Waals surface area contributed by atoms with E-state index in [1.807, 2.05) is 18.7 Å². The molecule has 2 unspecified atom stereocenters. The van der Waals surface area contributed by atoms with Crippen molar-refractivity contribution >= 4 is 12.0 Å². The van der Waals surface area contributed by atoms with E-state index in [1.165, 1.54) is 6.42 Å². The van der Waals surface area contributed by atoms with Crippen LogP contribution in [0.4, 0.5) is 4.79 Å². The average molecular weight is 256 g/mol. The first kappa shape index (κ1) is 14.8. The lowest BCUT2D eigenvalue weighted by Crippen LogP contribution is -2.50. The third kappa shape index (κ3) is 4.55. The quantitative estimate of drug-likeness (QED) is 0.792. The molecule has 0 spiro atoms. The van der Waals surface area contributed by atoms with Crippen LogP contribution in [-0.2, 0) is 4.79 Å². The molecule has 1 saturated heterocycles. The third-order valence-electron chi connectivity index (χ3n) is 3.45. The molecule has 18 heavy (non-hydrogen) atoms. The van der Waals surface area contributed by atoms with Gasteiger partial charge in [-0.25, -0.2) is 4.79 Å². The van der Waals surface area contributed by atoms with Gasteiger partial charge in [0, 0.05) is 18.6 Å². The van der Waals surface area contributed by atoms with Gasteiger partial charge >= 0.3 is 12.0 Å². The molecule has 0 aliphatic carbocycles. The van der Waals surface area contributed by atoms with Gasteiger partial charge in [-0.2, -0.15) is 0 Å². The number of aliphatic carboxylic acids is 1. The van der Waals surface area contributed by atoms with Gasteiger partial charge in [-0.15, -0.1) is 0 Å². The predicted molar refractivity (Wildman–Crippen MR) is 69.5 cm³/mol. The first-order chi connectivity index (χ1) is 8.54. The summed E-state index contributed by atoms with van der Waals surface area (Å²) in [5, 5.41) is 11.7. The van der Waals surface area contributed by atoms with Gasteiger partial charge in [-0.3, -0.25) is 4.79 Å². The maximum atomic E-state index is 12.1. The van der Waals surface area contributed by atoms with Crippen molar-refractivity contribution in [2.24, 2.45) is 0 Å². The molecule has 0 radical (unpaired) electrons. The Labute approximate surface area is 109 Å². The lowest BCUT2D eigenvalue weighted by atomic mass is 10.0. The first-order valence-corrected chi connectivity index (χ1v) is 6.83. The van der Waals surface area contributed by atoms with Crippen molar-refractivity contribution in [2.75, 3.05) is 6.54 Å². The van der Waals surface area contributed by atoms with E-state index < -0.39 is 5.97 Å². The second-order valence-corrected chi connectivity index (χ2v) is 5.07. The van der Waals surface area contributed by atoms with Crippen molar-refractivity contribution in [3.8, 4) is 0 Å². The van der Waals surface area contributed by atoms with Crippen LogP contribution in [0, 0.1) is 0 Å². The highest BCUT2D eigenvalue weighted by Gasteiger charge is 2.25. The van der Waals surface area contributed by atoms with Gasteiger partial charge in [-0.05, 0) is 32.6 Å². The molecule has 5 nitrogen and oxygen atoms in total. The van der Waals surface area contributed by atoms with Crippen LogP contribution < -0.4 is 5.32 Å². The molecule has 2 N–H and O–H groups in total. The first-order valence-electron chi connectivity index (χ1n) is 6.83. The predicted octanol–water partition coefficient (Wildman–Crippen LogP) is 2.21. The van der Waals surface area contributed by atoms with Crippen LogP contribution in [0.15, 0.2) is 0 Å². The van der Waals surface area contributed by atoms with Crippen molar-refractivity contribution in [3.05, 3.63) is 0 Å². The minimum Gasteiger partial charge on any atom is -0.481 e. The summed E-state index contributed by atoms with van der Waals surface area (Å²) < 4.78 is 0. The number of rotatable bonds is 5. The Morgan fingerprint density at radius 2 is 2.17 bits per heavy atom. The fourth-order valence-electron chi connectivity index (χ4n) is 2.44. The molecular weight excluding hydrogens is 232 g/mol. The van der Waals surface area contributed by atoms with E-state index in [-0.39, 0.29) is 24.5 Å². The summed E-state index contributed by atoms with van der Waals surface area (Å²) in [4.78, 5) is 24.7. The number of carboxylic acid groups (broad SMARTS) is 1. The van der Waals surface area contributed by atoms with Crippen LogP contribution in [0.3, 0.4) is 0 Å². The van der Waals surface area contributed by atoms with E-state index in [0.29, 0.717) is 6.42 Å². The SMILES string of the molecule is CCCC(CC(=O)O)NC(=O)N1CCCCC1C. The molecule has 0 aromatic heterocycles. The molecule has 1 aliphatic rings. The fourth-order valence-corrected chi connectivity index (χ4v) is 2.44. The Bertz CT molecular complexity index is 294. The molecule has 1 fully saturated rings.